The van der Waals surface area contributed by atoms with Gasteiger partial charge in [0, 0.05) is 23.9 Å². The molecule has 0 saturated carbocycles. The van der Waals surface area contributed by atoms with Crippen molar-refractivity contribution in [2.45, 2.75) is 6.10 Å². The lowest BCUT2D eigenvalue weighted by Gasteiger charge is -2.10. The topological polar surface area (TPSA) is 38.7 Å². The van der Waals surface area contributed by atoms with Gasteiger partial charge in [-0.2, -0.15) is 0 Å². The van der Waals surface area contributed by atoms with E-state index in [4.69, 9.17) is 4.74 Å². The number of aliphatic imine (C=N–C) groups is 1. The molecule has 1 aliphatic heterocycles. The lowest BCUT2D eigenvalue weighted by atomic mass is 10.3. The van der Waals surface area contributed by atoms with Crippen molar-refractivity contribution >= 4 is 28.1 Å². The molecule has 0 fully saturated rings. The molecule has 54 valence electrons. The SMILES string of the molecule is COC1C=NC(=O)C=C1Br. The molecule has 0 spiro atoms. The molecule has 3 nitrogen and oxygen atoms in total. The number of rotatable bonds is 1. The van der Waals surface area contributed by atoms with Gasteiger partial charge in [-0.3, -0.25) is 4.79 Å². The second-order valence-corrected chi connectivity index (χ2v) is 2.72. The molecule has 1 rings (SSSR count). The van der Waals surface area contributed by atoms with Crippen LogP contribution in [0.2, 0.25) is 0 Å². The summed E-state index contributed by atoms with van der Waals surface area (Å²) < 4.78 is 5.65. The first-order valence-electron chi connectivity index (χ1n) is 2.72. The van der Waals surface area contributed by atoms with Crippen LogP contribution in [0, 0.1) is 0 Å². The zero-order valence-electron chi connectivity index (χ0n) is 5.37. The number of halogens is 1. The van der Waals surface area contributed by atoms with E-state index in [-0.39, 0.29) is 12.0 Å². The third-order valence-electron chi connectivity index (χ3n) is 1.12. The first kappa shape index (κ1) is 7.63. The van der Waals surface area contributed by atoms with Gasteiger partial charge in [0.25, 0.3) is 5.91 Å². The highest BCUT2D eigenvalue weighted by atomic mass is 79.9. The molecule has 0 aromatic rings. The zero-order chi connectivity index (χ0) is 7.56. The number of nitrogens with zero attached hydrogens (tertiary/aromatic N) is 1. The molecule has 1 heterocycles. The van der Waals surface area contributed by atoms with Crippen LogP contribution in [0.4, 0.5) is 0 Å². The number of ether oxygens (including phenoxy) is 1. The molecule has 0 aliphatic carbocycles. The maximum absolute atomic E-state index is 10.6. The van der Waals surface area contributed by atoms with Crippen molar-refractivity contribution in [3.8, 4) is 0 Å². The summed E-state index contributed by atoms with van der Waals surface area (Å²) in [6.07, 6.45) is 2.67. The maximum Gasteiger partial charge on any atom is 0.270 e. The molecular weight excluding hydrogens is 198 g/mol. The van der Waals surface area contributed by atoms with Crippen molar-refractivity contribution < 1.29 is 9.53 Å². The van der Waals surface area contributed by atoms with Gasteiger partial charge in [0.2, 0.25) is 0 Å². The van der Waals surface area contributed by atoms with Gasteiger partial charge in [-0.25, -0.2) is 4.99 Å². The monoisotopic (exact) mass is 203 g/mol. The fourth-order valence-electron chi connectivity index (χ4n) is 0.623. The van der Waals surface area contributed by atoms with Crippen molar-refractivity contribution in [3.05, 3.63) is 10.6 Å². The van der Waals surface area contributed by atoms with Gasteiger partial charge >= 0.3 is 0 Å². The van der Waals surface area contributed by atoms with Crippen LogP contribution in [-0.2, 0) is 9.53 Å². The van der Waals surface area contributed by atoms with Crippen molar-refractivity contribution in [3.63, 3.8) is 0 Å². The molecule has 0 radical (unpaired) electrons. The average Bonchev–Trinajstić information content (AvgIpc) is 1.88. The smallest absolute Gasteiger partial charge is 0.270 e. The van der Waals surface area contributed by atoms with Crippen LogP contribution in [0.3, 0.4) is 0 Å². The van der Waals surface area contributed by atoms with E-state index in [0.717, 1.165) is 4.48 Å². The fraction of sp³-hybridized carbons (Fsp3) is 0.333. The van der Waals surface area contributed by atoms with Crippen LogP contribution in [0.25, 0.3) is 0 Å². The van der Waals surface area contributed by atoms with E-state index in [9.17, 15) is 4.79 Å². The lowest BCUT2D eigenvalue weighted by molar-refractivity contribution is -0.113. The van der Waals surface area contributed by atoms with Crippen LogP contribution in [0.5, 0.6) is 0 Å². The van der Waals surface area contributed by atoms with Crippen molar-refractivity contribution in [2.24, 2.45) is 4.99 Å². The van der Waals surface area contributed by atoms with Crippen molar-refractivity contribution in [1.29, 1.82) is 0 Å². The number of dihydropyridines is 1. The summed E-state index contributed by atoms with van der Waals surface area (Å²) >= 11 is 3.18. The molecule has 0 N–H and O–H groups in total. The maximum atomic E-state index is 10.6. The molecule has 1 atom stereocenters. The van der Waals surface area contributed by atoms with E-state index in [1.54, 1.807) is 7.11 Å². The summed E-state index contributed by atoms with van der Waals surface area (Å²) in [7, 11) is 1.56. The van der Waals surface area contributed by atoms with Crippen LogP contribution in [0.15, 0.2) is 15.6 Å². The van der Waals surface area contributed by atoms with Crippen LogP contribution in [-0.4, -0.2) is 25.3 Å². The third kappa shape index (κ3) is 1.52. The zero-order valence-corrected chi connectivity index (χ0v) is 6.96. The Morgan fingerprint density at radius 2 is 2.50 bits per heavy atom. The van der Waals surface area contributed by atoms with E-state index in [1.807, 2.05) is 0 Å². The predicted octanol–water partition coefficient (Wildman–Crippen LogP) is 0.891. The van der Waals surface area contributed by atoms with E-state index < -0.39 is 0 Å². The standard InChI is InChI=1S/C6H6BrNO2/c1-10-5-3-8-6(9)2-4(5)7/h2-3,5H,1H3. The highest BCUT2D eigenvalue weighted by Crippen LogP contribution is 2.15. The molecule has 0 saturated heterocycles. The van der Waals surface area contributed by atoms with Gasteiger partial charge in [0.1, 0.15) is 6.10 Å². The predicted molar refractivity (Wildman–Crippen MR) is 41.3 cm³/mol. The Bertz CT molecular complexity index is 210. The number of methoxy groups -OCH3 is 1. The Hall–Kier alpha value is -0.480. The van der Waals surface area contributed by atoms with Crippen LogP contribution < -0.4 is 0 Å². The number of hydrogen-bond acceptors (Lipinski definition) is 2. The molecule has 0 aromatic heterocycles. The third-order valence-corrected chi connectivity index (χ3v) is 1.80. The van der Waals surface area contributed by atoms with Gasteiger partial charge < -0.3 is 4.74 Å². The second kappa shape index (κ2) is 3.07. The first-order chi connectivity index (χ1) is 4.74. The van der Waals surface area contributed by atoms with Gasteiger partial charge in [-0.1, -0.05) is 15.9 Å². The molecule has 0 aromatic carbocycles. The molecule has 0 bridgehead atoms. The Morgan fingerprint density at radius 3 is 3.00 bits per heavy atom. The van der Waals surface area contributed by atoms with Gasteiger partial charge in [-0.05, 0) is 0 Å². The van der Waals surface area contributed by atoms with Gasteiger partial charge in [-0.15, -0.1) is 0 Å². The second-order valence-electron chi connectivity index (χ2n) is 1.80. The van der Waals surface area contributed by atoms with Crippen molar-refractivity contribution in [2.75, 3.05) is 7.11 Å². The average molecular weight is 204 g/mol. The Balaban J connectivity index is 2.75. The quantitative estimate of drug-likeness (QED) is 0.636. The molecule has 10 heavy (non-hydrogen) atoms. The van der Waals surface area contributed by atoms with E-state index in [2.05, 4.69) is 20.9 Å². The van der Waals surface area contributed by atoms with Gasteiger partial charge in [0.15, 0.2) is 0 Å². The summed E-state index contributed by atoms with van der Waals surface area (Å²) in [5, 5.41) is 0. The van der Waals surface area contributed by atoms with E-state index in [1.165, 1.54) is 12.3 Å². The molecule has 4 heteroatoms. The van der Waals surface area contributed by atoms with Crippen LogP contribution in [0.1, 0.15) is 0 Å². The van der Waals surface area contributed by atoms with E-state index in [0.29, 0.717) is 0 Å². The number of amides is 1. The van der Waals surface area contributed by atoms with Gasteiger partial charge in [0.05, 0.1) is 0 Å². The van der Waals surface area contributed by atoms with Crippen molar-refractivity contribution in [1.82, 2.24) is 0 Å². The minimum absolute atomic E-state index is 0.197. The molecular formula is C6H6BrNO2. The fourth-order valence-corrected chi connectivity index (χ4v) is 1.12. The Kier molecular flexibility index (Phi) is 2.34. The normalized spacial score (nSPS) is 24.8. The Labute approximate surface area is 66.9 Å². The molecule has 1 amide bonds. The van der Waals surface area contributed by atoms with E-state index >= 15 is 0 Å². The number of carbonyl (C=O) groups is 1. The largest absolute Gasteiger partial charge is 0.370 e. The van der Waals surface area contributed by atoms with Crippen LogP contribution >= 0.6 is 15.9 Å². The summed E-state index contributed by atoms with van der Waals surface area (Å²) in [4.78, 5) is 14.1. The summed E-state index contributed by atoms with van der Waals surface area (Å²) in [6, 6.07) is 0. The molecule has 1 unspecified atom stereocenters. The lowest BCUT2D eigenvalue weighted by Crippen LogP contribution is -2.17. The summed E-state index contributed by atoms with van der Waals surface area (Å²) in [5.74, 6) is -0.250. The number of hydrogen-bond donors (Lipinski definition) is 0. The minimum atomic E-state index is -0.250. The summed E-state index contributed by atoms with van der Waals surface area (Å²) in [5.41, 5.74) is 0. The molecule has 1 aliphatic rings. The first-order valence-corrected chi connectivity index (χ1v) is 3.51. The highest BCUT2D eigenvalue weighted by molar-refractivity contribution is 9.11. The Morgan fingerprint density at radius 1 is 1.80 bits per heavy atom. The minimum Gasteiger partial charge on any atom is -0.370 e. The highest BCUT2D eigenvalue weighted by Gasteiger charge is 2.13. The number of carbonyl (C=O) groups excluding carboxylic acids is 1. The summed E-state index contributed by atoms with van der Waals surface area (Å²) in [6.45, 7) is 0.